The van der Waals surface area contributed by atoms with E-state index in [1.54, 1.807) is 0 Å². The number of unbranched alkanes of at least 4 members (excludes halogenated alkanes) is 19. The first-order valence-electron chi connectivity index (χ1n) is 26.4. The largest absolute Gasteiger partial charge is 0.462 e. The van der Waals surface area contributed by atoms with Gasteiger partial charge in [0.2, 0.25) is 0 Å². The molecule has 5 heteroatoms. The third-order valence-electron chi connectivity index (χ3n) is 10.8. The molecule has 364 valence electrons. The van der Waals surface area contributed by atoms with Crippen molar-refractivity contribution in [2.75, 3.05) is 19.8 Å². The third-order valence-corrected chi connectivity index (χ3v) is 10.8. The zero-order valence-electron chi connectivity index (χ0n) is 41.8. The fourth-order valence-electron chi connectivity index (χ4n) is 6.89. The summed E-state index contributed by atoms with van der Waals surface area (Å²) < 4.78 is 17.3. The molecular weight excluding hydrogens is 789 g/mol. The topological polar surface area (TPSA) is 61.8 Å². The molecule has 1 unspecified atom stereocenters. The maximum Gasteiger partial charge on any atom is 0.310 e. The Morgan fingerprint density at radius 2 is 0.781 bits per heavy atom. The molecule has 0 bridgehead atoms. The van der Waals surface area contributed by atoms with Gasteiger partial charge in [0.1, 0.15) is 6.61 Å². The highest BCUT2D eigenvalue weighted by Gasteiger charge is 2.17. The zero-order valence-corrected chi connectivity index (χ0v) is 41.8. The minimum atomic E-state index is -0.604. The molecular formula is C59H98O5. The monoisotopic (exact) mass is 887 g/mol. The Bertz CT molecular complexity index is 1280. The van der Waals surface area contributed by atoms with E-state index in [0.29, 0.717) is 13.0 Å². The molecule has 5 nitrogen and oxygen atoms in total. The van der Waals surface area contributed by atoms with Crippen molar-refractivity contribution in [1.29, 1.82) is 0 Å². The Balaban J connectivity index is 4.39. The van der Waals surface area contributed by atoms with Crippen LogP contribution in [0.25, 0.3) is 0 Å². The van der Waals surface area contributed by atoms with Gasteiger partial charge in [-0.1, -0.05) is 220 Å². The van der Waals surface area contributed by atoms with Crippen LogP contribution in [0.2, 0.25) is 0 Å². The minimum Gasteiger partial charge on any atom is -0.462 e. The lowest BCUT2D eigenvalue weighted by Crippen LogP contribution is -2.29. The van der Waals surface area contributed by atoms with E-state index in [2.05, 4.69) is 118 Å². The van der Waals surface area contributed by atoms with Gasteiger partial charge in [0.25, 0.3) is 0 Å². The van der Waals surface area contributed by atoms with Gasteiger partial charge in [-0.15, -0.1) is 0 Å². The molecule has 0 aliphatic rings. The molecule has 0 aromatic rings. The predicted molar refractivity (Wildman–Crippen MR) is 279 cm³/mol. The Kier molecular flexibility index (Phi) is 51.0. The number of carbonyl (C=O) groups is 2. The number of hydrogen-bond donors (Lipinski definition) is 0. The van der Waals surface area contributed by atoms with Gasteiger partial charge in [-0.2, -0.15) is 0 Å². The average Bonchev–Trinajstić information content (AvgIpc) is 3.30. The summed E-state index contributed by atoms with van der Waals surface area (Å²) in [6.45, 7) is 7.49. The van der Waals surface area contributed by atoms with Crippen molar-refractivity contribution in [3.05, 3.63) is 109 Å². The maximum absolute atomic E-state index is 12.7. The van der Waals surface area contributed by atoms with Crippen molar-refractivity contribution in [3.8, 4) is 0 Å². The number of hydrogen-bond acceptors (Lipinski definition) is 5. The summed E-state index contributed by atoms with van der Waals surface area (Å²) in [5.41, 5.74) is 0. The Hall–Kier alpha value is -3.44. The van der Waals surface area contributed by atoms with E-state index in [0.717, 1.165) is 83.5 Å². The van der Waals surface area contributed by atoms with Gasteiger partial charge in [-0.25, -0.2) is 0 Å². The molecule has 0 saturated heterocycles. The van der Waals surface area contributed by atoms with Crippen LogP contribution in [0, 0.1) is 0 Å². The molecule has 0 amide bonds. The maximum atomic E-state index is 12.7. The smallest absolute Gasteiger partial charge is 0.310 e. The van der Waals surface area contributed by atoms with E-state index in [1.165, 1.54) is 109 Å². The van der Waals surface area contributed by atoms with Crippen LogP contribution in [0.15, 0.2) is 109 Å². The van der Waals surface area contributed by atoms with Crippen LogP contribution in [-0.4, -0.2) is 37.9 Å². The van der Waals surface area contributed by atoms with Gasteiger partial charge in [0.05, 0.1) is 13.0 Å². The van der Waals surface area contributed by atoms with Gasteiger partial charge in [-0.05, 0) is 103 Å². The van der Waals surface area contributed by atoms with Gasteiger partial charge in [0.15, 0.2) is 6.10 Å². The highest BCUT2D eigenvalue weighted by Crippen LogP contribution is 2.13. The number of ether oxygens (including phenoxy) is 3. The fraction of sp³-hybridized carbons (Fsp3) is 0.661. The second-order valence-electron chi connectivity index (χ2n) is 17.1. The first kappa shape index (κ1) is 60.6. The van der Waals surface area contributed by atoms with E-state index in [-0.39, 0.29) is 31.6 Å². The summed E-state index contributed by atoms with van der Waals surface area (Å²) in [6.07, 6.45) is 74.1. The van der Waals surface area contributed by atoms with Crippen molar-refractivity contribution >= 4 is 11.9 Å². The molecule has 0 N–H and O–H groups in total. The first-order valence-corrected chi connectivity index (χ1v) is 26.4. The summed E-state index contributed by atoms with van der Waals surface area (Å²) >= 11 is 0. The standard InChI is InChI=1S/C59H98O5/c1-4-7-10-13-16-19-22-25-28-29-30-31-33-34-37-40-43-46-49-52-58(60)63-56-57(55-62-54-51-48-45-42-39-36-27-24-21-18-15-12-9-6-3)64-59(61)53-50-47-44-41-38-35-32-26-23-20-17-14-11-8-5-2/h8,11-12,15-17,19-21,24-26,28,32,38,41,47,50,57H,4-7,9-10,13-14,18,22-23,27,29-31,33-37,39-40,42-46,48-49,51-56H2,1-3H3/b11-8-,15-12-,19-16-,20-17-,24-21-,28-25-,32-26-,41-38-,50-47-. The molecule has 0 aromatic heterocycles. The molecule has 1 atom stereocenters. The summed E-state index contributed by atoms with van der Waals surface area (Å²) in [7, 11) is 0. The van der Waals surface area contributed by atoms with Crippen molar-refractivity contribution in [3.63, 3.8) is 0 Å². The first-order chi connectivity index (χ1) is 31.6. The van der Waals surface area contributed by atoms with Crippen LogP contribution in [-0.2, 0) is 23.8 Å². The lowest BCUT2D eigenvalue weighted by Gasteiger charge is -2.18. The molecule has 0 saturated carbocycles. The minimum absolute atomic E-state index is 0.0334. The Labute approximate surface area is 395 Å². The van der Waals surface area contributed by atoms with Crippen LogP contribution in [0.3, 0.4) is 0 Å². The second-order valence-corrected chi connectivity index (χ2v) is 17.1. The number of allylic oxidation sites excluding steroid dienone is 17. The summed E-state index contributed by atoms with van der Waals surface area (Å²) in [6, 6.07) is 0. The van der Waals surface area contributed by atoms with Crippen LogP contribution < -0.4 is 0 Å². The van der Waals surface area contributed by atoms with Crippen LogP contribution in [0.1, 0.15) is 226 Å². The van der Waals surface area contributed by atoms with E-state index >= 15 is 0 Å². The van der Waals surface area contributed by atoms with Gasteiger partial charge >= 0.3 is 11.9 Å². The molecule has 0 spiro atoms. The molecule has 0 heterocycles. The van der Waals surface area contributed by atoms with E-state index in [4.69, 9.17) is 14.2 Å². The third kappa shape index (κ3) is 51.2. The zero-order chi connectivity index (χ0) is 46.3. The van der Waals surface area contributed by atoms with Crippen molar-refractivity contribution in [2.45, 2.75) is 232 Å². The second kappa shape index (κ2) is 53.9. The van der Waals surface area contributed by atoms with Crippen LogP contribution in [0.4, 0.5) is 0 Å². The molecule has 0 fully saturated rings. The molecule has 0 rings (SSSR count). The number of rotatable bonds is 47. The van der Waals surface area contributed by atoms with E-state index < -0.39 is 6.10 Å². The highest BCUT2D eigenvalue weighted by atomic mass is 16.6. The van der Waals surface area contributed by atoms with Crippen LogP contribution >= 0.6 is 0 Å². The SMILES string of the molecule is CC/C=C\C/C=C\C/C=C\C/C=C\C/C=C\CC(=O)OC(COCCCCCCCC/C=C\C/C=C\CCC)COC(=O)CCCCCCCCCCC/C=C\C/C=C\CCCCC. The van der Waals surface area contributed by atoms with E-state index in [1.807, 2.05) is 12.2 Å². The normalized spacial score (nSPS) is 13.1. The summed E-state index contributed by atoms with van der Waals surface area (Å²) in [4.78, 5) is 25.4. The van der Waals surface area contributed by atoms with Gasteiger partial charge < -0.3 is 14.2 Å². The lowest BCUT2D eigenvalue weighted by atomic mass is 10.1. The van der Waals surface area contributed by atoms with Crippen molar-refractivity contribution < 1.29 is 23.8 Å². The molecule has 0 aromatic carbocycles. The van der Waals surface area contributed by atoms with Gasteiger partial charge in [0, 0.05) is 13.0 Å². The summed E-state index contributed by atoms with van der Waals surface area (Å²) in [5, 5.41) is 0. The quantitative estimate of drug-likeness (QED) is 0.0346. The Morgan fingerprint density at radius 1 is 0.375 bits per heavy atom. The number of carbonyl (C=O) groups excluding carboxylic acids is 2. The lowest BCUT2D eigenvalue weighted by molar-refractivity contribution is -0.162. The van der Waals surface area contributed by atoms with Crippen LogP contribution in [0.5, 0.6) is 0 Å². The fourth-order valence-corrected chi connectivity index (χ4v) is 6.89. The highest BCUT2D eigenvalue weighted by molar-refractivity contribution is 5.71. The molecule has 64 heavy (non-hydrogen) atoms. The van der Waals surface area contributed by atoms with E-state index in [9.17, 15) is 9.59 Å². The number of esters is 2. The average molecular weight is 887 g/mol. The van der Waals surface area contributed by atoms with Crippen molar-refractivity contribution in [2.24, 2.45) is 0 Å². The predicted octanol–water partition coefficient (Wildman–Crippen LogP) is 18.0. The van der Waals surface area contributed by atoms with Crippen molar-refractivity contribution in [1.82, 2.24) is 0 Å². The Morgan fingerprint density at radius 3 is 1.27 bits per heavy atom. The summed E-state index contributed by atoms with van der Waals surface area (Å²) in [5.74, 6) is -0.558. The molecule has 0 aliphatic heterocycles. The van der Waals surface area contributed by atoms with Gasteiger partial charge in [-0.3, -0.25) is 9.59 Å². The molecule has 0 aliphatic carbocycles. The molecule has 0 radical (unpaired) electrons.